The fourth-order valence-corrected chi connectivity index (χ4v) is 7.38. The number of aliphatic hydroxyl groups excluding tert-OH is 1. The Morgan fingerprint density at radius 1 is 0.950 bits per heavy atom. The molecule has 3 amide bonds. The third-order valence-electron chi connectivity index (χ3n) is 9.28. The molecule has 6 atom stereocenters. The largest absolute Gasteiger partial charge is 0.394 e. The highest BCUT2D eigenvalue weighted by Crippen LogP contribution is 2.64. The summed E-state index contributed by atoms with van der Waals surface area (Å²) in [7, 11) is 0. The molecule has 3 aliphatic rings. The standard InChI is InChI=1S/C32H35N3O5/c1-3-24(19-36)35-27(29(38)34-23-15-14-20-10-8-9-11-21(20)18-23)32-17-16-31(4-2,40-32)25(26(32)30(35)39)28(37)33-22-12-6-5-7-13-22/h5-15,18,24-27,36H,3-4,16-17,19H2,1-2H3,(H,33,37)(H,34,38)/t24-,25+,26-,27?,31-,32?/m0/s1. The molecule has 3 aliphatic heterocycles. The second-order valence-electron chi connectivity index (χ2n) is 11.2. The lowest BCUT2D eigenvalue weighted by Gasteiger charge is -2.37. The Morgan fingerprint density at radius 3 is 2.35 bits per heavy atom. The number of hydrogen-bond acceptors (Lipinski definition) is 5. The minimum Gasteiger partial charge on any atom is -0.394 e. The second kappa shape index (κ2) is 10.0. The van der Waals surface area contributed by atoms with Crippen molar-refractivity contribution in [2.45, 2.75) is 62.8 Å². The summed E-state index contributed by atoms with van der Waals surface area (Å²) in [5.41, 5.74) is -0.738. The average Bonchev–Trinajstić information content (AvgIpc) is 3.58. The summed E-state index contributed by atoms with van der Waals surface area (Å²) in [6.07, 6.45) is 2.07. The predicted octanol–water partition coefficient (Wildman–Crippen LogP) is 4.34. The van der Waals surface area contributed by atoms with Crippen LogP contribution in [0.4, 0.5) is 11.4 Å². The molecular weight excluding hydrogens is 506 g/mol. The summed E-state index contributed by atoms with van der Waals surface area (Å²) < 4.78 is 6.81. The first-order valence-corrected chi connectivity index (χ1v) is 14.2. The van der Waals surface area contributed by atoms with Crippen LogP contribution in [0, 0.1) is 11.8 Å². The zero-order valence-electron chi connectivity index (χ0n) is 22.8. The van der Waals surface area contributed by atoms with Crippen molar-refractivity contribution in [3.63, 3.8) is 0 Å². The van der Waals surface area contributed by atoms with E-state index < -0.39 is 35.1 Å². The minimum atomic E-state index is -1.16. The topological polar surface area (TPSA) is 108 Å². The molecule has 8 heteroatoms. The second-order valence-corrected chi connectivity index (χ2v) is 11.2. The Morgan fingerprint density at radius 2 is 1.65 bits per heavy atom. The van der Waals surface area contributed by atoms with Crippen LogP contribution in [0.1, 0.15) is 39.5 Å². The Hall–Kier alpha value is -3.75. The molecule has 6 rings (SSSR count). The molecular formula is C32H35N3O5. The van der Waals surface area contributed by atoms with Crippen LogP contribution >= 0.6 is 0 Å². The number of nitrogens with one attached hydrogen (secondary N) is 2. The van der Waals surface area contributed by atoms with Crippen LogP contribution < -0.4 is 10.6 Å². The van der Waals surface area contributed by atoms with Gasteiger partial charge in [0.1, 0.15) is 11.6 Å². The predicted molar refractivity (Wildman–Crippen MR) is 153 cm³/mol. The minimum absolute atomic E-state index is 0.277. The number of ether oxygens (including phenoxy) is 1. The third-order valence-corrected chi connectivity index (χ3v) is 9.28. The average molecular weight is 542 g/mol. The molecule has 3 saturated heterocycles. The third kappa shape index (κ3) is 3.92. The summed E-state index contributed by atoms with van der Waals surface area (Å²) in [4.78, 5) is 43.8. The molecule has 3 aromatic rings. The van der Waals surface area contributed by atoms with Crippen LogP contribution in [0.15, 0.2) is 72.8 Å². The normalized spacial score (nSPS) is 29.4. The van der Waals surface area contributed by atoms with Gasteiger partial charge in [0.2, 0.25) is 17.7 Å². The van der Waals surface area contributed by atoms with Gasteiger partial charge in [-0.1, -0.05) is 62.4 Å². The van der Waals surface area contributed by atoms with Gasteiger partial charge in [0.25, 0.3) is 0 Å². The van der Waals surface area contributed by atoms with Crippen molar-refractivity contribution < 1.29 is 24.2 Å². The van der Waals surface area contributed by atoms with Gasteiger partial charge in [-0.15, -0.1) is 0 Å². The Bertz CT molecular complexity index is 1460. The van der Waals surface area contributed by atoms with Crippen molar-refractivity contribution in [2.24, 2.45) is 11.8 Å². The molecule has 0 aliphatic carbocycles. The van der Waals surface area contributed by atoms with Gasteiger partial charge in [0, 0.05) is 11.4 Å². The van der Waals surface area contributed by atoms with Crippen LogP contribution in [-0.2, 0) is 19.1 Å². The Labute approximate surface area is 233 Å². The van der Waals surface area contributed by atoms with Crippen molar-refractivity contribution in [2.75, 3.05) is 17.2 Å². The Kier molecular flexibility index (Phi) is 6.63. The van der Waals surface area contributed by atoms with E-state index in [1.165, 1.54) is 4.90 Å². The maximum Gasteiger partial charge on any atom is 0.250 e. The molecule has 3 fully saturated rings. The first-order chi connectivity index (χ1) is 19.4. The molecule has 0 aromatic heterocycles. The number of aliphatic hydroxyl groups is 1. The van der Waals surface area contributed by atoms with Crippen molar-refractivity contribution in [3.05, 3.63) is 72.8 Å². The number of benzene rings is 3. The summed E-state index contributed by atoms with van der Waals surface area (Å²) in [5.74, 6) is -2.52. The first-order valence-electron chi connectivity index (χ1n) is 14.2. The fourth-order valence-electron chi connectivity index (χ4n) is 7.38. The number of carbonyl (C=O) groups excluding carboxylic acids is 3. The van der Waals surface area contributed by atoms with Gasteiger partial charge >= 0.3 is 0 Å². The van der Waals surface area contributed by atoms with E-state index in [1.54, 1.807) is 0 Å². The number of hydrogen-bond donors (Lipinski definition) is 3. The monoisotopic (exact) mass is 541 g/mol. The molecule has 2 bridgehead atoms. The molecule has 8 nitrogen and oxygen atoms in total. The number of anilines is 2. The van der Waals surface area contributed by atoms with E-state index in [2.05, 4.69) is 10.6 Å². The van der Waals surface area contributed by atoms with Crippen LogP contribution in [0.2, 0.25) is 0 Å². The van der Waals surface area contributed by atoms with Gasteiger partial charge in [-0.2, -0.15) is 0 Å². The molecule has 40 heavy (non-hydrogen) atoms. The molecule has 208 valence electrons. The highest BCUT2D eigenvalue weighted by molar-refractivity contribution is 6.06. The van der Waals surface area contributed by atoms with Gasteiger partial charge in [-0.3, -0.25) is 14.4 Å². The molecule has 0 radical (unpaired) electrons. The molecule has 3 heterocycles. The zero-order chi connectivity index (χ0) is 28.1. The number of amides is 3. The zero-order valence-corrected chi connectivity index (χ0v) is 22.8. The van der Waals surface area contributed by atoms with E-state index in [9.17, 15) is 19.5 Å². The number of carbonyl (C=O) groups is 3. The maximum absolute atomic E-state index is 14.3. The molecule has 2 unspecified atom stereocenters. The SMILES string of the molecule is CC[C@@H](CO)N1C(=O)[C@@H]2[C@H](C(=O)Nc3ccccc3)[C@]3(CC)CCC2(O3)C1C(=O)Nc1ccc2ccccc2c1. The molecule has 1 spiro atoms. The van der Waals surface area contributed by atoms with Crippen molar-refractivity contribution in [3.8, 4) is 0 Å². The van der Waals surface area contributed by atoms with E-state index in [0.717, 1.165) is 10.8 Å². The smallest absolute Gasteiger partial charge is 0.250 e. The number of likely N-dealkylation sites (tertiary alicyclic amines) is 1. The maximum atomic E-state index is 14.3. The number of para-hydroxylation sites is 1. The van der Waals surface area contributed by atoms with Crippen LogP contribution in [-0.4, -0.2) is 57.6 Å². The lowest BCUT2D eigenvalue weighted by molar-refractivity contribution is -0.148. The number of rotatable bonds is 8. The summed E-state index contributed by atoms with van der Waals surface area (Å²) in [6, 6.07) is 21.2. The van der Waals surface area contributed by atoms with E-state index in [1.807, 2.05) is 86.6 Å². The Balaban J connectivity index is 1.39. The summed E-state index contributed by atoms with van der Waals surface area (Å²) in [6.45, 7) is 3.56. The van der Waals surface area contributed by atoms with Crippen molar-refractivity contribution in [1.82, 2.24) is 4.90 Å². The number of nitrogens with zero attached hydrogens (tertiary/aromatic N) is 1. The van der Waals surface area contributed by atoms with E-state index >= 15 is 0 Å². The highest BCUT2D eigenvalue weighted by Gasteiger charge is 2.79. The van der Waals surface area contributed by atoms with Crippen LogP contribution in [0.5, 0.6) is 0 Å². The lowest BCUT2D eigenvalue weighted by atomic mass is 9.65. The van der Waals surface area contributed by atoms with Crippen molar-refractivity contribution in [1.29, 1.82) is 0 Å². The van der Waals surface area contributed by atoms with Gasteiger partial charge in [-0.25, -0.2) is 0 Å². The van der Waals surface area contributed by atoms with Crippen LogP contribution in [0.25, 0.3) is 10.8 Å². The van der Waals surface area contributed by atoms with E-state index in [-0.39, 0.29) is 24.3 Å². The summed E-state index contributed by atoms with van der Waals surface area (Å²) >= 11 is 0. The first kappa shape index (κ1) is 26.5. The van der Waals surface area contributed by atoms with E-state index in [0.29, 0.717) is 37.1 Å². The fraction of sp³-hybridized carbons (Fsp3) is 0.406. The molecule has 3 N–H and O–H groups in total. The van der Waals surface area contributed by atoms with E-state index in [4.69, 9.17) is 4.74 Å². The quantitative estimate of drug-likeness (QED) is 0.393. The molecule has 0 saturated carbocycles. The number of fused-ring (bicyclic) bond motifs is 2. The van der Waals surface area contributed by atoms with Crippen LogP contribution in [0.3, 0.4) is 0 Å². The summed E-state index contributed by atoms with van der Waals surface area (Å²) in [5, 5.41) is 18.3. The van der Waals surface area contributed by atoms with Gasteiger partial charge in [0.05, 0.1) is 30.1 Å². The highest BCUT2D eigenvalue weighted by atomic mass is 16.5. The van der Waals surface area contributed by atoms with Gasteiger partial charge in [-0.05, 0) is 60.7 Å². The lowest BCUT2D eigenvalue weighted by Crippen LogP contribution is -2.56. The van der Waals surface area contributed by atoms with Gasteiger partial charge < -0.3 is 25.4 Å². The molecule has 3 aromatic carbocycles. The van der Waals surface area contributed by atoms with Gasteiger partial charge in [0.15, 0.2) is 0 Å². The van der Waals surface area contributed by atoms with Crippen molar-refractivity contribution >= 4 is 39.9 Å².